The first-order chi connectivity index (χ1) is 6.76. The summed E-state index contributed by atoms with van der Waals surface area (Å²) < 4.78 is 10.2. The maximum atomic E-state index is 11.3. The summed E-state index contributed by atoms with van der Waals surface area (Å²) in [4.78, 5) is 11.3. The third-order valence-electron chi connectivity index (χ3n) is 1.93. The highest BCUT2D eigenvalue weighted by atomic mass is 16.6. The summed E-state index contributed by atoms with van der Waals surface area (Å²) in [5.41, 5.74) is 5.40. The maximum absolute atomic E-state index is 11.3. The van der Waals surface area contributed by atoms with E-state index in [1.54, 1.807) is 0 Å². The highest BCUT2D eigenvalue weighted by Crippen LogP contribution is 2.02. The minimum atomic E-state index is -0.213. The number of carbonyl (C=O) groups is 1. The summed E-state index contributed by atoms with van der Waals surface area (Å²) >= 11 is 0. The Hall–Kier alpha value is -0.610. The van der Waals surface area contributed by atoms with Gasteiger partial charge in [-0.1, -0.05) is 13.8 Å². The van der Waals surface area contributed by atoms with E-state index in [9.17, 15) is 4.79 Å². The molecule has 0 bridgehead atoms. The van der Waals surface area contributed by atoms with Gasteiger partial charge in [0.15, 0.2) is 0 Å². The van der Waals surface area contributed by atoms with Gasteiger partial charge >= 0.3 is 5.97 Å². The van der Waals surface area contributed by atoms with Crippen LogP contribution in [-0.2, 0) is 14.3 Å². The molecule has 14 heavy (non-hydrogen) atoms. The van der Waals surface area contributed by atoms with E-state index in [-0.39, 0.29) is 11.9 Å². The molecule has 0 aromatic heterocycles. The van der Waals surface area contributed by atoms with Gasteiger partial charge in [0.25, 0.3) is 0 Å². The van der Waals surface area contributed by atoms with Gasteiger partial charge in [-0.25, -0.2) is 0 Å². The highest BCUT2D eigenvalue weighted by Gasteiger charge is 2.15. The van der Waals surface area contributed by atoms with Crippen molar-refractivity contribution in [3.8, 4) is 0 Å². The quantitative estimate of drug-likeness (QED) is 0.471. The summed E-state index contributed by atoms with van der Waals surface area (Å²) in [6.07, 6.45) is 1.71. The molecule has 0 rings (SSSR count). The van der Waals surface area contributed by atoms with Crippen LogP contribution in [0, 0.1) is 5.92 Å². The van der Waals surface area contributed by atoms with Crippen LogP contribution < -0.4 is 5.73 Å². The molecule has 0 fully saturated rings. The fraction of sp³-hybridized carbons (Fsp3) is 0.900. The number of hydrogen-bond acceptors (Lipinski definition) is 4. The molecule has 1 atom stereocenters. The molecule has 0 saturated carbocycles. The van der Waals surface area contributed by atoms with E-state index >= 15 is 0 Å². The lowest BCUT2D eigenvalue weighted by atomic mass is 10.1. The van der Waals surface area contributed by atoms with Crippen LogP contribution in [0.5, 0.6) is 0 Å². The van der Waals surface area contributed by atoms with Crippen molar-refractivity contribution in [3.05, 3.63) is 0 Å². The van der Waals surface area contributed by atoms with E-state index in [0.29, 0.717) is 26.4 Å². The van der Waals surface area contributed by atoms with Crippen molar-refractivity contribution in [1.82, 2.24) is 0 Å². The Bertz CT molecular complexity index is 146. The molecule has 0 amide bonds. The Morgan fingerprint density at radius 1 is 1.29 bits per heavy atom. The number of ether oxygens (including phenoxy) is 2. The van der Waals surface area contributed by atoms with Gasteiger partial charge < -0.3 is 15.2 Å². The highest BCUT2D eigenvalue weighted by molar-refractivity contribution is 5.72. The normalized spacial score (nSPS) is 12.5. The SMILES string of the molecule is CCCOCCOC(=O)C(CC)CN. The van der Waals surface area contributed by atoms with Crippen LogP contribution in [0.1, 0.15) is 26.7 Å². The van der Waals surface area contributed by atoms with E-state index in [4.69, 9.17) is 15.2 Å². The predicted octanol–water partition coefficient (Wildman–Crippen LogP) is 0.941. The lowest BCUT2D eigenvalue weighted by Gasteiger charge is -2.11. The molecule has 0 spiro atoms. The van der Waals surface area contributed by atoms with Crippen LogP contribution in [0.4, 0.5) is 0 Å². The van der Waals surface area contributed by atoms with E-state index in [0.717, 1.165) is 12.8 Å². The molecule has 4 heteroatoms. The first-order valence-electron chi connectivity index (χ1n) is 5.20. The van der Waals surface area contributed by atoms with Crippen molar-refractivity contribution in [2.75, 3.05) is 26.4 Å². The Balaban J connectivity index is 3.43. The molecule has 0 aromatic carbocycles. The second-order valence-corrected chi connectivity index (χ2v) is 3.12. The monoisotopic (exact) mass is 203 g/mol. The van der Waals surface area contributed by atoms with E-state index in [2.05, 4.69) is 0 Å². The molecule has 0 saturated heterocycles. The molecule has 84 valence electrons. The van der Waals surface area contributed by atoms with Crippen LogP contribution in [0.2, 0.25) is 0 Å². The summed E-state index contributed by atoms with van der Waals surface area (Å²) in [5.74, 6) is -0.378. The first-order valence-corrected chi connectivity index (χ1v) is 5.20. The third kappa shape index (κ3) is 5.94. The molecule has 0 aliphatic carbocycles. The van der Waals surface area contributed by atoms with Crippen LogP contribution >= 0.6 is 0 Å². The Labute approximate surface area is 85.8 Å². The Morgan fingerprint density at radius 2 is 2.00 bits per heavy atom. The average molecular weight is 203 g/mol. The molecule has 1 unspecified atom stereocenters. The Morgan fingerprint density at radius 3 is 2.50 bits per heavy atom. The second kappa shape index (κ2) is 8.97. The summed E-state index contributed by atoms with van der Waals surface area (Å²) in [6.45, 7) is 5.83. The van der Waals surface area contributed by atoms with Gasteiger partial charge in [0.05, 0.1) is 12.5 Å². The van der Waals surface area contributed by atoms with Gasteiger partial charge in [-0.3, -0.25) is 4.79 Å². The van der Waals surface area contributed by atoms with E-state index < -0.39 is 0 Å². The number of rotatable bonds is 8. The lowest BCUT2D eigenvalue weighted by Crippen LogP contribution is -2.26. The molecule has 0 aliphatic rings. The minimum Gasteiger partial charge on any atom is -0.463 e. The zero-order valence-corrected chi connectivity index (χ0v) is 9.12. The standard InChI is InChI=1S/C10H21NO3/c1-3-5-13-6-7-14-10(12)9(4-2)8-11/h9H,3-8,11H2,1-2H3. The van der Waals surface area contributed by atoms with Gasteiger partial charge in [0.1, 0.15) is 6.61 Å². The first kappa shape index (κ1) is 13.4. The minimum absolute atomic E-state index is 0.166. The summed E-state index contributed by atoms with van der Waals surface area (Å²) in [5, 5.41) is 0. The van der Waals surface area contributed by atoms with Crippen molar-refractivity contribution in [2.45, 2.75) is 26.7 Å². The third-order valence-corrected chi connectivity index (χ3v) is 1.93. The number of carbonyl (C=O) groups excluding carboxylic acids is 1. The molecule has 4 nitrogen and oxygen atoms in total. The fourth-order valence-electron chi connectivity index (χ4n) is 0.995. The van der Waals surface area contributed by atoms with Crippen LogP contribution in [0.25, 0.3) is 0 Å². The fourth-order valence-corrected chi connectivity index (χ4v) is 0.995. The largest absolute Gasteiger partial charge is 0.463 e. The van der Waals surface area contributed by atoms with Crippen molar-refractivity contribution in [2.24, 2.45) is 11.7 Å². The van der Waals surface area contributed by atoms with Gasteiger partial charge in [-0.05, 0) is 12.8 Å². The topological polar surface area (TPSA) is 61.5 Å². The van der Waals surface area contributed by atoms with Gasteiger partial charge in [-0.15, -0.1) is 0 Å². The van der Waals surface area contributed by atoms with Gasteiger partial charge in [-0.2, -0.15) is 0 Å². The number of nitrogens with two attached hydrogens (primary N) is 1. The van der Waals surface area contributed by atoms with Crippen molar-refractivity contribution in [3.63, 3.8) is 0 Å². The summed E-state index contributed by atoms with van der Waals surface area (Å²) in [6, 6.07) is 0. The van der Waals surface area contributed by atoms with Crippen molar-refractivity contribution >= 4 is 5.97 Å². The van der Waals surface area contributed by atoms with Crippen LogP contribution in [0.15, 0.2) is 0 Å². The molecule has 0 heterocycles. The lowest BCUT2D eigenvalue weighted by molar-refractivity contribution is -0.149. The van der Waals surface area contributed by atoms with Crippen molar-refractivity contribution in [1.29, 1.82) is 0 Å². The van der Waals surface area contributed by atoms with Crippen molar-refractivity contribution < 1.29 is 14.3 Å². The molecule has 0 aromatic rings. The van der Waals surface area contributed by atoms with E-state index in [1.165, 1.54) is 0 Å². The van der Waals surface area contributed by atoms with Crippen LogP contribution in [-0.4, -0.2) is 32.3 Å². The average Bonchev–Trinajstić information content (AvgIpc) is 2.19. The zero-order valence-electron chi connectivity index (χ0n) is 9.12. The predicted molar refractivity (Wildman–Crippen MR) is 54.9 cm³/mol. The Kier molecular flexibility index (Phi) is 8.57. The molecule has 2 N–H and O–H groups in total. The molecular weight excluding hydrogens is 182 g/mol. The second-order valence-electron chi connectivity index (χ2n) is 3.12. The molecule has 0 radical (unpaired) electrons. The summed E-state index contributed by atoms with van der Waals surface area (Å²) in [7, 11) is 0. The zero-order chi connectivity index (χ0) is 10.8. The smallest absolute Gasteiger partial charge is 0.310 e. The number of esters is 1. The number of hydrogen-bond donors (Lipinski definition) is 1. The van der Waals surface area contributed by atoms with Crippen LogP contribution in [0.3, 0.4) is 0 Å². The molecular formula is C10H21NO3. The molecule has 0 aliphatic heterocycles. The maximum Gasteiger partial charge on any atom is 0.310 e. The van der Waals surface area contributed by atoms with E-state index in [1.807, 2.05) is 13.8 Å². The van der Waals surface area contributed by atoms with Gasteiger partial charge in [0, 0.05) is 13.2 Å². The van der Waals surface area contributed by atoms with Gasteiger partial charge in [0.2, 0.25) is 0 Å².